The maximum absolute atomic E-state index is 5.97. The lowest BCUT2D eigenvalue weighted by molar-refractivity contribution is 0.768. The Bertz CT molecular complexity index is 714. The third-order valence-corrected chi connectivity index (χ3v) is 2.77. The van der Waals surface area contributed by atoms with Crippen LogP contribution >= 0.6 is 11.6 Å². The van der Waals surface area contributed by atoms with Gasteiger partial charge >= 0.3 is 0 Å². The Kier molecular flexibility index (Phi) is 2.34. The summed E-state index contributed by atoms with van der Waals surface area (Å²) in [7, 11) is 1.83. The first kappa shape index (κ1) is 10.8. The summed E-state index contributed by atoms with van der Waals surface area (Å²) in [5, 5.41) is 8.20. The van der Waals surface area contributed by atoms with Crippen LogP contribution in [-0.2, 0) is 7.05 Å². The average molecular weight is 264 g/mol. The van der Waals surface area contributed by atoms with Crippen LogP contribution in [0.3, 0.4) is 0 Å². The molecule has 3 heterocycles. The van der Waals surface area contributed by atoms with Crippen LogP contribution in [0.4, 0.5) is 17.5 Å². The van der Waals surface area contributed by atoms with Crippen LogP contribution in [0.1, 0.15) is 0 Å². The second-order valence-corrected chi connectivity index (χ2v) is 4.23. The van der Waals surface area contributed by atoms with Crippen LogP contribution in [0.5, 0.6) is 0 Å². The summed E-state index contributed by atoms with van der Waals surface area (Å²) in [4.78, 5) is 11.4. The van der Waals surface area contributed by atoms with E-state index in [1.807, 2.05) is 13.2 Å². The summed E-state index contributed by atoms with van der Waals surface area (Å²) >= 11 is 5.97. The lowest BCUT2D eigenvalue weighted by atomic mass is 10.4. The first-order valence-corrected chi connectivity index (χ1v) is 5.57. The number of fused-ring (bicyclic) bond motifs is 1. The van der Waals surface area contributed by atoms with Crippen molar-refractivity contribution in [3.63, 3.8) is 0 Å². The van der Waals surface area contributed by atoms with Gasteiger partial charge in [0.15, 0.2) is 0 Å². The number of rotatable bonds is 2. The Morgan fingerprint density at radius 1 is 1.44 bits per heavy atom. The predicted molar refractivity (Wildman–Crippen MR) is 69.8 cm³/mol. The van der Waals surface area contributed by atoms with Crippen molar-refractivity contribution in [2.75, 3.05) is 11.1 Å². The maximum atomic E-state index is 5.97. The Balaban J connectivity index is 2.02. The Hall–Kier alpha value is -2.28. The van der Waals surface area contributed by atoms with Crippen molar-refractivity contribution >= 4 is 40.1 Å². The number of H-pyrrole nitrogens is 1. The van der Waals surface area contributed by atoms with Gasteiger partial charge in [-0.25, -0.2) is 0 Å². The van der Waals surface area contributed by atoms with Gasteiger partial charge in [0.1, 0.15) is 11.5 Å². The number of nitrogens with two attached hydrogens (primary N) is 1. The molecule has 0 aromatic carbocycles. The molecule has 92 valence electrons. The molecule has 0 bridgehead atoms. The van der Waals surface area contributed by atoms with Gasteiger partial charge in [-0.15, -0.1) is 0 Å². The van der Waals surface area contributed by atoms with E-state index in [9.17, 15) is 0 Å². The van der Waals surface area contributed by atoms with Gasteiger partial charge < -0.3 is 16.0 Å². The van der Waals surface area contributed by atoms with E-state index in [1.165, 1.54) is 0 Å². The first-order chi connectivity index (χ1) is 8.63. The van der Waals surface area contributed by atoms with E-state index in [1.54, 1.807) is 17.1 Å². The molecule has 0 aliphatic carbocycles. The highest BCUT2D eigenvalue weighted by Crippen LogP contribution is 2.27. The van der Waals surface area contributed by atoms with Gasteiger partial charge in [-0.2, -0.15) is 15.1 Å². The fourth-order valence-corrected chi connectivity index (χ4v) is 1.93. The smallest absolute Gasteiger partial charge is 0.231 e. The molecule has 0 radical (unpaired) electrons. The van der Waals surface area contributed by atoms with Crippen LogP contribution < -0.4 is 11.1 Å². The van der Waals surface area contributed by atoms with Gasteiger partial charge in [0.05, 0.1) is 22.3 Å². The number of nitrogens with one attached hydrogen (secondary N) is 2. The van der Waals surface area contributed by atoms with Crippen molar-refractivity contribution in [3.8, 4) is 0 Å². The second-order valence-electron chi connectivity index (χ2n) is 3.82. The van der Waals surface area contributed by atoms with Gasteiger partial charge in [-0.05, 0) is 0 Å². The van der Waals surface area contributed by atoms with Crippen molar-refractivity contribution in [2.45, 2.75) is 0 Å². The largest absolute Gasteiger partial charge is 0.383 e. The van der Waals surface area contributed by atoms with Crippen molar-refractivity contribution in [1.82, 2.24) is 24.7 Å². The van der Waals surface area contributed by atoms with E-state index in [2.05, 4.69) is 25.4 Å². The van der Waals surface area contributed by atoms with Crippen molar-refractivity contribution in [3.05, 3.63) is 23.6 Å². The fraction of sp³-hybridized carbons (Fsp3) is 0.100. The highest BCUT2D eigenvalue weighted by Gasteiger charge is 2.10. The maximum Gasteiger partial charge on any atom is 0.231 e. The quantitative estimate of drug-likeness (QED) is 0.653. The first-order valence-electron chi connectivity index (χ1n) is 5.19. The van der Waals surface area contributed by atoms with Crippen LogP contribution in [0.2, 0.25) is 5.02 Å². The summed E-state index contributed by atoms with van der Waals surface area (Å²) in [5.41, 5.74) is 7.23. The summed E-state index contributed by atoms with van der Waals surface area (Å²) in [6.07, 6.45) is 5.11. The Morgan fingerprint density at radius 3 is 3.00 bits per heavy atom. The summed E-state index contributed by atoms with van der Waals surface area (Å²) < 4.78 is 1.68. The van der Waals surface area contributed by atoms with Crippen molar-refractivity contribution < 1.29 is 0 Å². The van der Waals surface area contributed by atoms with E-state index >= 15 is 0 Å². The van der Waals surface area contributed by atoms with Crippen LogP contribution in [0.25, 0.3) is 11.0 Å². The number of anilines is 3. The molecule has 0 aliphatic rings. The summed E-state index contributed by atoms with van der Waals surface area (Å²) in [6, 6.07) is 0. The molecule has 8 heteroatoms. The number of aromatic nitrogens is 5. The normalized spacial score (nSPS) is 11.0. The topological polar surface area (TPSA) is 97.4 Å². The monoisotopic (exact) mass is 263 g/mol. The third kappa shape index (κ3) is 1.74. The second kappa shape index (κ2) is 3.88. The number of hydrogen-bond acceptors (Lipinski definition) is 5. The molecule has 0 unspecified atom stereocenters. The molecule has 0 saturated carbocycles. The van der Waals surface area contributed by atoms with E-state index in [-0.39, 0.29) is 0 Å². The molecule has 7 nitrogen and oxygen atoms in total. The third-order valence-electron chi connectivity index (χ3n) is 2.47. The molecule has 0 saturated heterocycles. The number of aryl methyl sites for hydroxylation is 1. The van der Waals surface area contributed by atoms with E-state index in [4.69, 9.17) is 17.3 Å². The van der Waals surface area contributed by atoms with E-state index < -0.39 is 0 Å². The predicted octanol–water partition coefficient (Wildman–Crippen LogP) is 1.67. The lowest BCUT2D eigenvalue weighted by Crippen LogP contribution is -2.00. The van der Waals surface area contributed by atoms with Crippen molar-refractivity contribution in [1.29, 1.82) is 0 Å². The molecule has 3 aromatic rings. The number of nitrogens with zero attached hydrogens (tertiary/aromatic N) is 4. The van der Waals surface area contributed by atoms with Crippen LogP contribution in [0.15, 0.2) is 18.6 Å². The molecule has 3 aromatic heterocycles. The molecule has 0 atom stereocenters. The lowest BCUT2D eigenvalue weighted by Gasteiger charge is -2.03. The molecule has 4 N–H and O–H groups in total. The van der Waals surface area contributed by atoms with Crippen LogP contribution in [-0.4, -0.2) is 24.7 Å². The van der Waals surface area contributed by atoms with Gasteiger partial charge in [0.25, 0.3) is 0 Å². The van der Waals surface area contributed by atoms with Gasteiger partial charge in [-0.1, -0.05) is 11.6 Å². The highest BCUT2D eigenvalue weighted by atomic mass is 35.5. The average Bonchev–Trinajstić information content (AvgIpc) is 2.86. The molecular formula is C10H10ClN7. The highest BCUT2D eigenvalue weighted by molar-refractivity contribution is 6.36. The molecule has 0 fully saturated rings. The number of halogens is 1. The Morgan fingerprint density at radius 2 is 2.28 bits per heavy atom. The van der Waals surface area contributed by atoms with E-state index in [0.717, 1.165) is 5.69 Å². The number of aromatic amines is 1. The number of hydrogen-bond donors (Lipinski definition) is 3. The van der Waals surface area contributed by atoms with E-state index in [0.29, 0.717) is 27.8 Å². The van der Waals surface area contributed by atoms with Crippen LogP contribution in [0, 0.1) is 0 Å². The fourth-order valence-electron chi connectivity index (χ4n) is 1.69. The minimum atomic E-state index is 0.331. The molecule has 0 spiro atoms. The van der Waals surface area contributed by atoms with Gasteiger partial charge in [-0.3, -0.25) is 4.68 Å². The Labute approximate surface area is 107 Å². The molecular weight excluding hydrogens is 254 g/mol. The van der Waals surface area contributed by atoms with Gasteiger partial charge in [0, 0.05) is 19.4 Å². The SMILES string of the molecule is Cn1cc(Nc2nc(N)c3c(Cl)c[nH]c3n2)cn1. The molecule has 18 heavy (non-hydrogen) atoms. The van der Waals surface area contributed by atoms with Gasteiger partial charge in [0.2, 0.25) is 5.95 Å². The summed E-state index contributed by atoms with van der Waals surface area (Å²) in [6.45, 7) is 0. The minimum Gasteiger partial charge on any atom is -0.383 e. The molecule has 0 amide bonds. The summed E-state index contributed by atoms with van der Waals surface area (Å²) in [5.74, 6) is 0.726. The zero-order valence-corrected chi connectivity index (χ0v) is 10.2. The van der Waals surface area contributed by atoms with Crippen molar-refractivity contribution in [2.24, 2.45) is 7.05 Å². The zero-order valence-electron chi connectivity index (χ0n) is 9.48. The molecule has 0 aliphatic heterocycles. The molecule has 3 rings (SSSR count). The standard InChI is InChI=1S/C10H10ClN7/c1-18-4-5(2-14-18)15-10-16-8(12)7-6(11)3-13-9(7)17-10/h2-4H,1H3,(H4,12,13,15,16,17). The minimum absolute atomic E-state index is 0.331. The zero-order chi connectivity index (χ0) is 12.7. The number of nitrogen functional groups attached to an aromatic ring is 1.